The van der Waals surface area contributed by atoms with Crippen LogP contribution in [0.5, 0.6) is 0 Å². The molecular weight excluding hydrogens is 264 g/mol. The third kappa shape index (κ3) is 3.33. The van der Waals surface area contributed by atoms with Crippen molar-refractivity contribution in [1.29, 1.82) is 0 Å². The molecule has 0 spiro atoms. The van der Waals surface area contributed by atoms with E-state index in [1.54, 1.807) is 0 Å². The van der Waals surface area contributed by atoms with Crippen LogP contribution < -0.4 is 0 Å². The van der Waals surface area contributed by atoms with Crippen molar-refractivity contribution in [3.05, 3.63) is 46.6 Å². The van der Waals surface area contributed by atoms with E-state index in [4.69, 9.17) is 16.1 Å². The highest BCUT2D eigenvalue weighted by atomic mass is 35.5. The van der Waals surface area contributed by atoms with E-state index in [1.165, 1.54) is 0 Å². The highest BCUT2D eigenvalue weighted by molar-refractivity contribution is 6.30. The number of aliphatic hydroxyl groups excluding tert-OH is 1. The van der Waals surface area contributed by atoms with Gasteiger partial charge in [0, 0.05) is 11.4 Å². The van der Waals surface area contributed by atoms with Gasteiger partial charge in [-0.2, -0.15) is 4.98 Å². The standard InChI is InChI=1S/C14H15ClN2O2/c15-11-3-1-2-9(6-11)7-13-16-14(19-17-13)8-12(18)10-4-5-10/h1-3,6,10,12,18H,4-5,7-8H2. The fraction of sp³-hybridized carbons (Fsp3) is 0.429. The Balaban J connectivity index is 1.64. The molecule has 0 saturated heterocycles. The molecule has 5 heteroatoms. The zero-order valence-corrected chi connectivity index (χ0v) is 11.2. The van der Waals surface area contributed by atoms with Gasteiger partial charge in [0.2, 0.25) is 5.89 Å². The quantitative estimate of drug-likeness (QED) is 0.913. The van der Waals surface area contributed by atoms with Crippen LogP contribution in [0.4, 0.5) is 0 Å². The van der Waals surface area contributed by atoms with E-state index < -0.39 is 0 Å². The van der Waals surface area contributed by atoms with Crippen molar-refractivity contribution < 1.29 is 9.63 Å². The average molecular weight is 279 g/mol. The second-order valence-corrected chi connectivity index (χ2v) is 5.46. The molecule has 1 saturated carbocycles. The maximum absolute atomic E-state index is 9.83. The first-order chi connectivity index (χ1) is 9.20. The Hall–Kier alpha value is -1.39. The lowest BCUT2D eigenvalue weighted by Crippen LogP contribution is -2.12. The third-order valence-corrected chi connectivity index (χ3v) is 3.55. The van der Waals surface area contributed by atoms with Crippen LogP contribution >= 0.6 is 11.6 Å². The lowest BCUT2D eigenvalue weighted by atomic mass is 10.1. The maximum atomic E-state index is 9.83. The summed E-state index contributed by atoms with van der Waals surface area (Å²) in [5.41, 5.74) is 1.04. The van der Waals surface area contributed by atoms with Crippen LogP contribution in [-0.2, 0) is 12.8 Å². The van der Waals surface area contributed by atoms with Crippen molar-refractivity contribution in [1.82, 2.24) is 10.1 Å². The van der Waals surface area contributed by atoms with Gasteiger partial charge in [-0.3, -0.25) is 0 Å². The third-order valence-electron chi connectivity index (χ3n) is 3.31. The molecule has 0 radical (unpaired) electrons. The smallest absolute Gasteiger partial charge is 0.229 e. The summed E-state index contributed by atoms with van der Waals surface area (Å²) in [5.74, 6) is 1.56. The monoisotopic (exact) mass is 278 g/mol. The largest absolute Gasteiger partial charge is 0.392 e. The normalized spacial score (nSPS) is 16.5. The number of hydrogen-bond donors (Lipinski definition) is 1. The SMILES string of the molecule is OC(Cc1nc(Cc2cccc(Cl)c2)no1)C1CC1. The Kier molecular flexibility index (Phi) is 3.53. The average Bonchev–Trinajstić information content (AvgIpc) is 3.13. The highest BCUT2D eigenvalue weighted by Gasteiger charge is 2.31. The lowest BCUT2D eigenvalue weighted by molar-refractivity contribution is 0.140. The second kappa shape index (κ2) is 5.31. The molecule has 100 valence electrons. The molecule has 1 aromatic carbocycles. The fourth-order valence-corrected chi connectivity index (χ4v) is 2.31. The number of nitrogens with zero attached hydrogens (tertiary/aromatic N) is 2. The van der Waals surface area contributed by atoms with E-state index in [0.29, 0.717) is 35.5 Å². The molecule has 1 aliphatic carbocycles. The lowest BCUT2D eigenvalue weighted by Gasteiger charge is -2.03. The second-order valence-electron chi connectivity index (χ2n) is 5.02. The Bertz CT molecular complexity index is 566. The molecule has 2 aromatic rings. The predicted octanol–water partition coefficient (Wildman–Crippen LogP) is 2.63. The molecule has 0 amide bonds. The zero-order valence-electron chi connectivity index (χ0n) is 10.4. The van der Waals surface area contributed by atoms with E-state index in [-0.39, 0.29) is 6.10 Å². The Morgan fingerprint density at radius 1 is 1.42 bits per heavy atom. The minimum Gasteiger partial charge on any atom is -0.392 e. The van der Waals surface area contributed by atoms with Crippen molar-refractivity contribution in [2.24, 2.45) is 5.92 Å². The Labute approximate surface area is 116 Å². The Morgan fingerprint density at radius 2 is 2.26 bits per heavy atom. The topological polar surface area (TPSA) is 59.2 Å². The molecule has 4 nitrogen and oxygen atoms in total. The molecular formula is C14H15ClN2O2. The van der Waals surface area contributed by atoms with E-state index in [0.717, 1.165) is 18.4 Å². The molecule has 1 fully saturated rings. The molecule has 1 heterocycles. The van der Waals surface area contributed by atoms with E-state index in [1.807, 2.05) is 24.3 Å². The summed E-state index contributed by atoms with van der Waals surface area (Å²) in [5, 5.41) is 14.5. The summed E-state index contributed by atoms with van der Waals surface area (Å²) in [7, 11) is 0. The molecule has 3 rings (SSSR count). The number of rotatable bonds is 5. The summed E-state index contributed by atoms with van der Waals surface area (Å²) in [6.45, 7) is 0. The van der Waals surface area contributed by atoms with Crippen molar-refractivity contribution in [3.8, 4) is 0 Å². The minimum atomic E-state index is -0.348. The molecule has 0 bridgehead atoms. The first-order valence-corrected chi connectivity index (χ1v) is 6.82. The summed E-state index contributed by atoms with van der Waals surface area (Å²) in [4.78, 5) is 4.30. The molecule has 1 N–H and O–H groups in total. The van der Waals surface area contributed by atoms with Gasteiger partial charge in [0.1, 0.15) is 0 Å². The van der Waals surface area contributed by atoms with Crippen molar-refractivity contribution >= 4 is 11.6 Å². The number of aromatic nitrogens is 2. The summed E-state index contributed by atoms with van der Waals surface area (Å²) in [6, 6.07) is 7.59. The zero-order chi connectivity index (χ0) is 13.2. The van der Waals surface area contributed by atoms with E-state index >= 15 is 0 Å². The van der Waals surface area contributed by atoms with Gasteiger partial charge >= 0.3 is 0 Å². The number of aliphatic hydroxyl groups is 1. The van der Waals surface area contributed by atoms with Crippen LogP contribution in [0.15, 0.2) is 28.8 Å². The first kappa shape index (κ1) is 12.6. The summed E-state index contributed by atoms with van der Waals surface area (Å²) >= 11 is 5.93. The van der Waals surface area contributed by atoms with Crippen LogP contribution in [-0.4, -0.2) is 21.4 Å². The van der Waals surface area contributed by atoms with Crippen LogP contribution in [0.1, 0.15) is 30.1 Å². The van der Waals surface area contributed by atoms with Crippen LogP contribution in [0.2, 0.25) is 5.02 Å². The van der Waals surface area contributed by atoms with Crippen molar-refractivity contribution in [2.45, 2.75) is 31.8 Å². The molecule has 1 unspecified atom stereocenters. The molecule has 1 aliphatic rings. The van der Waals surface area contributed by atoms with Gasteiger partial charge in [-0.1, -0.05) is 28.9 Å². The van der Waals surface area contributed by atoms with Crippen molar-refractivity contribution in [2.75, 3.05) is 0 Å². The predicted molar refractivity (Wildman–Crippen MR) is 71.0 cm³/mol. The van der Waals surface area contributed by atoms with Gasteiger partial charge in [-0.15, -0.1) is 0 Å². The fourth-order valence-electron chi connectivity index (χ4n) is 2.10. The molecule has 0 aliphatic heterocycles. The minimum absolute atomic E-state index is 0.348. The van der Waals surface area contributed by atoms with E-state index in [9.17, 15) is 5.11 Å². The molecule has 1 aromatic heterocycles. The summed E-state index contributed by atoms with van der Waals surface area (Å²) < 4.78 is 5.16. The van der Waals surface area contributed by atoms with Gasteiger partial charge in [0.25, 0.3) is 0 Å². The van der Waals surface area contributed by atoms with E-state index in [2.05, 4.69) is 10.1 Å². The van der Waals surface area contributed by atoms with Crippen LogP contribution in [0.25, 0.3) is 0 Å². The molecule has 19 heavy (non-hydrogen) atoms. The van der Waals surface area contributed by atoms with Gasteiger partial charge < -0.3 is 9.63 Å². The number of halogens is 1. The maximum Gasteiger partial charge on any atom is 0.229 e. The van der Waals surface area contributed by atoms with Gasteiger partial charge in [-0.05, 0) is 36.5 Å². The number of hydrogen-bond acceptors (Lipinski definition) is 4. The van der Waals surface area contributed by atoms with Gasteiger partial charge in [0.15, 0.2) is 5.82 Å². The summed E-state index contributed by atoms with van der Waals surface area (Å²) in [6.07, 6.45) is 2.89. The van der Waals surface area contributed by atoms with Crippen molar-refractivity contribution in [3.63, 3.8) is 0 Å². The van der Waals surface area contributed by atoms with Gasteiger partial charge in [0.05, 0.1) is 12.5 Å². The van der Waals surface area contributed by atoms with Gasteiger partial charge in [-0.25, -0.2) is 0 Å². The Morgan fingerprint density at radius 3 is 3.00 bits per heavy atom. The van der Waals surface area contributed by atoms with Crippen LogP contribution in [0, 0.1) is 5.92 Å². The number of benzene rings is 1. The first-order valence-electron chi connectivity index (χ1n) is 6.44. The van der Waals surface area contributed by atoms with Crippen LogP contribution in [0.3, 0.4) is 0 Å². The molecule has 1 atom stereocenters. The highest BCUT2D eigenvalue weighted by Crippen LogP contribution is 2.33.